The Kier molecular flexibility index (Phi) is 5.17. The molecule has 7 heteroatoms. The standard InChI is InChI=1S/C10H15BrN4O2/c1-6-7(12)4-15-10(9(6)11)14-2-3-17-5-8(13)16/h4H,2-3,5,12H2,1H3,(H2,13,16)(H,14,15). The average molecular weight is 303 g/mol. The first kappa shape index (κ1) is 13.7. The van der Waals surface area contributed by atoms with Gasteiger partial charge in [-0.1, -0.05) is 0 Å². The lowest BCUT2D eigenvalue weighted by atomic mass is 10.2. The van der Waals surface area contributed by atoms with E-state index >= 15 is 0 Å². The van der Waals surface area contributed by atoms with E-state index in [2.05, 4.69) is 26.2 Å². The molecule has 1 heterocycles. The molecule has 1 aromatic heterocycles. The van der Waals surface area contributed by atoms with Crippen molar-refractivity contribution in [2.24, 2.45) is 5.73 Å². The molecular formula is C10H15BrN4O2. The van der Waals surface area contributed by atoms with Gasteiger partial charge in [-0.2, -0.15) is 0 Å². The van der Waals surface area contributed by atoms with Crippen molar-refractivity contribution in [1.29, 1.82) is 0 Å². The zero-order valence-electron chi connectivity index (χ0n) is 9.50. The largest absolute Gasteiger partial charge is 0.397 e. The minimum absolute atomic E-state index is 0.0724. The van der Waals surface area contributed by atoms with Crippen molar-refractivity contribution in [3.8, 4) is 0 Å². The quantitative estimate of drug-likeness (QED) is 0.669. The van der Waals surface area contributed by atoms with Crippen molar-refractivity contribution in [2.45, 2.75) is 6.92 Å². The van der Waals surface area contributed by atoms with E-state index in [0.29, 0.717) is 24.7 Å². The van der Waals surface area contributed by atoms with Gasteiger partial charge in [0, 0.05) is 6.54 Å². The molecule has 0 radical (unpaired) electrons. The SMILES string of the molecule is Cc1c(N)cnc(NCCOCC(N)=O)c1Br. The van der Waals surface area contributed by atoms with Crippen LogP contribution in [0.4, 0.5) is 11.5 Å². The van der Waals surface area contributed by atoms with Gasteiger partial charge < -0.3 is 21.5 Å². The van der Waals surface area contributed by atoms with E-state index in [4.69, 9.17) is 16.2 Å². The van der Waals surface area contributed by atoms with Gasteiger partial charge >= 0.3 is 0 Å². The lowest BCUT2D eigenvalue weighted by molar-refractivity contribution is -0.122. The van der Waals surface area contributed by atoms with E-state index in [9.17, 15) is 4.79 Å². The molecule has 0 aliphatic carbocycles. The molecule has 0 aliphatic heterocycles. The highest BCUT2D eigenvalue weighted by Gasteiger charge is 2.06. The molecule has 17 heavy (non-hydrogen) atoms. The van der Waals surface area contributed by atoms with Crippen LogP contribution in [0.2, 0.25) is 0 Å². The first-order valence-electron chi connectivity index (χ1n) is 5.03. The third-order valence-corrected chi connectivity index (χ3v) is 3.06. The molecule has 94 valence electrons. The number of amides is 1. The Morgan fingerprint density at radius 1 is 1.65 bits per heavy atom. The Labute approximate surface area is 108 Å². The predicted molar refractivity (Wildman–Crippen MR) is 69.6 cm³/mol. The van der Waals surface area contributed by atoms with Gasteiger partial charge in [0.1, 0.15) is 12.4 Å². The minimum atomic E-state index is -0.479. The molecule has 0 aromatic carbocycles. The second-order valence-electron chi connectivity index (χ2n) is 3.45. The molecule has 0 bridgehead atoms. The number of carbonyl (C=O) groups excluding carboxylic acids is 1. The number of aromatic nitrogens is 1. The third-order valence-electron chi connectivity index (χ3n) is 2.09. The number of ether oxygens (including phenoxy) is 1. The Morgan fingerprint density at radius 2 is 2.35 bits per heavy atom. The number of rotatable bonds is 6. The molecule has 0 saturated carbocycles. The van der Waals surface area contributed by atoms with E-state index < -0.39 is 5.91 Å². The minimum Gasteiger partial charge on any atom is -0.397 e. The summed E-state index contributed by atoms with van der Waals surface area (Å²) in [6.07, 6.45) is 1.59. The molecule has 0 unspecified atom stereocenters. The summed E-state index contributed by atoms with van der Waals surface area (Å²) in [4.78, 5) is 14.6. The first-order valence-corrected chi connectivity index (χ1v) is 5.82. The maximum atomic E-state index is 10.4. The van der Waals surface area contributed by atoms with E-state index in [1.54, 1.807) is 6.20 Å². The molecule has 0 spiro atoms. The second-order valence-corrected chi connectivity index (χ2v) is 4.24. The maximum Gasteiger partial charge on any atom is 0.243 e. The number of pyridine rings is 1. The number of nitrogens with zero attached hydrogens (tertiary/aromatic N) is 1. The number of nitrogens with two attached hydrogens (primary N) is 2. The van der Waals surface area contributed by atoms with Gasteiger partial charge in [0.2, 0.25) is 5.91 Å². The molecular weight excluding hydrogens is 288 g/mol. The summed E-state index contributed by atoms with van der Waals surface area (Å²) < 4.78 is 5.83. The fourth-order valence-electron chi connectivity index (χ4n) is 1.13. The number of primary amides is 1. The molecule has 1 amide bonds. The third kappa shape index (κ3) is 4.20. The number of nitrogens with one attached hydrogen (secondary N) is 1. The van der Waals surface area contributed by atoms with Crippen molar-refractivity contribution in [3.63, 3.8) is 0 Å². The van der Waals surface area contributed by atoms with Crippen LogP contribution in [-0.4, -0.2) is 30.6 Å². The summed E-state index contributed by atoms with van der Waals surface area (Å²) in [6.45, 7) is 2.73. The topological polar surface area (TPSA) is 103 Å². The number of nitrogen functional groups attached to an aromatic ring is 1. The summed E-state index contributed by atoms with van der Waals surface area (Å²) in [7, 11) is 0. The van der Waals surface area contributed by atoms with Gasteiger partial charge in [-0.05, 0) is 28.4 Å². The number of carbonyl (C=O) groups is 1. The van der Waals surface area contributed by atoms with Gasteiger partial charge in [-0.3, -0.25) is 4.79 Å². The number of hydrogen-bond donors (Lipinski definition) is 3. The van der Waals surface area contributed by atoms with Crippen molar-refractivity contribution in [1.82, 2.24) is 4.98 Å². The average Bonchev–Trinajstić information content (AvgIpc) is 2.28. The summed E-state index contributed by atoms with van der Waals surface area (Å²) in [5, 5.41) is 3.06. The zero-order valence-corrected chi connectivity index (χ0v) is 11.1. The smallest absolute Gasteiger partial charge is 0.243 e. The van der Waals surface area contributed by atoms with Crippen LogP contribution < -0.4 is 16.8 Å². The highest BCUT2D eigenvalue weighted by molar-refractivity contribution is 9.10. The van der Waals surface area contributed by atoms with Crippen LogP contribution in [0.15, 0.2) is 10.7 Å². The van der Waals surface area contributed by atoms with Crippen molar-refractivity contribution >= 4 is 33.3 Å². The summed E-state index contributed by atoms with van der Waals surface area (Å²) >= 11 is 3.40. The molecule has 6 nitrogen and oxygen atoms in total. The molecule has 0 saturated heterocycles. The lowest BCUT2D eigenvalue weighted by Gasteiger charge is -2.10. The number of anilines is 2. The maximum absolute atomic E-state index is 10.4. The lowest BCUT2D eigenvalue weighted by Crippen LogP contribution is -2.20. The number of halogens is 1. The Bertz CT molecular complexity index is 412. The molecule has 0 atom stereocenters. The molecule has 0 fully saturated rings. The fraction of sp³-hybridized carbons (Fsp3) is 0.400. The van der Waals surface area contributed by atoms with E-state index in [1.165, 1.54) is 0 Å². The monoisotopic (exact) mass is 302 g/mol. The van der Waals surface area contributed by atoms with Gasteiger partial charge in [-0.15, -0.1) is 0 Å². The van der Waals surface area contributed by atoms with Crippen LogP contribution in [0.1, 0.15) is 5.56 Å². The van der Waals surface area contributed by atoms with Crippen LogP contribution in [0.25, 0.3) is 0 Å². The molecule has 1 rings (SSSR count). The molecule has 1 aromatic rings. The number of hydrogen-bond acceptors (Lipinski definition) is 5. The zero-order chi connectivity index (χ0) is 12.8. The second kappa shape index (κ2) is 6.41. The summed E-state index contributed by atoms with van der Waals surface area (Å²) in [6, 6.07) is 0. The van der Waals surface area contributed by atoms with Gasteiger partial charge in [0.15, 0.2) is 0 Å². The van der Waals surface area contributed by atoms with Crippen LogP contribution in [0, 0.1) is 6.92 Å². The Balaban J connectivity index is 2.42. The van der Waals surface area contributed by atoms with Crippen molar-refractivity contribution in [3.05, 3.63) is 16.2 Å². The Morgan fingerprint density at radius 3 is 3.00 bits per heavy atom. The van der Waals surface area contributed by atoms with Crippen LogP contribution >= 0.6 is 15.9 Å². The van der Waals surface area contributed by atoms with Gasteiger partial charge in [0.05, 0.1) is 23.0 Å². The van der Waals surface area contributed by atoms with Crippen LogP contribution in [0.3, 0.4) is 0 Å². The first-order chi connectivity index (χ1) is 8.02. The molecule has 5 N–H and O–H groups in total. The van der Waals surface area contributed by atoms with E-state index in [1.807, 2.05) is 6.92 Å². The van der Waals surface area contributed by atoms with Crippen LogP contribution in [-0.2, 0) is 9.53 Å². The van der Waals surface area contributed by atoms with E-state index in [0.717, 1.165) is 10.0 Å². The fourth-order valence-corrected chi connectivity index (χ4v) is 1.60. The van der Waals surface area contributed by atoms with Gasteiger partial charge in [-0.25, -0.2) is 4.98 Å². The molecule has 0 aliphatic rings. The van der Waals surface area contributed by atoms with Crippen molar-refractivity contribution < 1.29 is 9.53 Å². The van der Waals surface area contributed by atoms with Gasteiger partial charge in [0.25, 0.3) is 0 Å². The summed E-state index contributed by atoms with van der Waals surface area (Å²) in [5.41, 5.74) is 12.2. The van der Waals surface area contributed by atoms with Crippen LogP contribution in [0.5, 0.6) is 0 Å². The normalized spacial score (nSPS) is 10.2. The highest BCUT2D eigenvalue weighted by Crippen LogP contribution is 2.27. The Hall–Kier alpha value is -1.34. The van der Waals surface area contributed by atoms with E-state index in [-0.39, 0.29) is 6.61 Å². The highest BCUT2D eigenvalue weighted by atomic mass is 79.9. The summed E-state index contributed by atoms with van der Waals surface area (Å²) in [5.74, 6) is 0.215. The van der Waals surface area contributed by atoms with Crippen molar-refractivity contribution in [2.75, 3.05) is 30.8 Å². The predicted octanol–water partition coefficient (Wildman–Crippen LogP) is 0.649.